The van der Waals surface area contributed by atoms with Crippen molar-refractivity contribution in [2.45, 2.75) is 32.1 Å². The minimum atomic E-state index is -0.657. The second-order valence-corrected chi connectivity index (χ2v) is 9.60. The molecule has 0 bridgehead atoms. The molecule has 0 saturated carbocycles. The van der Waals surface area contributed by atoms with Gasteiger partial charge in [0.15, 0.2) is 5.78 Å². The molecule has 0 radical (unpaired) electrons. The first-order chi connectivity index (χ1) is 16.9. The maximum Gasteiger partial charge on any atom is 0.161 e. The smallest absolute Gasteiger partial charge is 0.161 e. The largest absolute Gasteiger partial charge is 0.507 e. The Morgan fingerprint density at radius 1 is 0.943 bits per heavy atom. The third-order valence-corrected chi connectivity index (χ3v) is 7.51. The molecule has 6 heteroatoms. The number of rotatable bonds is 3. The second kappa shape index (κ2) is 9.37. The third kappa shape index (κ3) is 3.97. The summed E-state index contributed by atoms with van der Waals surface area (Å²) >= 11 is 13.1. The van der Waals surface area contributed by atoms with Crippen molar-refractivity contribution in [3.8, 4) is 0 Å². The van der Waals surface area contributed by atoms with Gasteiger partial charge in [0.05, 0.1) is 5.69 Å². The van der Waals surface area contributed by atoms with Crippen molar-refractivity contribution in [1.29, 1.82) is 5.41 Å². The highest BCUT2D eigenvalue weighted by Gasteiger charge is 2.44. The fourth-order valence-electron chi connectivity index (χ4n) is 5.07. The summed E-state index contributed by atoms with van der Waals surface area (Å²) in [5, 5.41) is 22.1. The molecule has 0 saturated heterocycles. The molecule has 1 aliphatic carbocycles. The number of halogens is 2. The van der Waals surface area contributed by atoms with Gasteiger partial charge in [0, 0.05) is 44.8 Å². The number of nitrogens with zero attached hydrogens (tertiary/aromatic N) is 1. The Balaban J connectivity index is 1.88. The van der Waals surface area contributed by atoms with Crippen molar-refractivity contribution in [2.75, 3.05) is 4.90 Å². The van der Waals surface area contributed by atoms with E-state index < -0.39 is 5.92 Å². The number of ketones is 1. The van der Waals surface area contributed by atoms with Gasteiger partial charge in [-0.2, -0.15) is 0 Å². The first-order valence-corrected chi connectivity index (χ1v) is 12.3. The molecule has 176 valence electrons. The molecule has 3 aromatic carbocycles. The maximum absolute atomic E-state index is 13.5. The molecule has 0 fully saturated rings. The normalized spacial score (nSPS) is 19.6. The van der Waals surface area contributed by atoms with E-state index in [1.54, 1.807) is 29.2 Å². The summed E-state index contributed by atoms with van der Waals surface area (Å²) < 4.78 is 0. The number of anilines is 1. The number of nitrogens with one attached hydrogen (secondary N) is 1. The van der Waals surface area contributed by atoms with Crippen molar-refractivity contribution in [3.05, 3.63) is 116 Å². The van der Waals surface area contributed by atoms with Gasteiger partial charge in [0.25, 0.3) is 0 Å². The van der Waals surface area contributed by atoms with Gasteiger partial charge in [-0.1, -0.05) is 77.8 Å². The molecule has 2 N–H and O–H groups in total. The molecule has 0 spiro atoms. The Kier molecular flexibility index (Phi) is 6.26. The number of carbonyl (C=O) groups excluding carboxylic acids is 1. The minimum absolute atomic E-state index is 0.00622. The monoisotopic (exact) mass is 502 g/mol. The van der Waals surface area contributed by atoms with Gasteiger partial charge in [0.2, 0.25) is 0 Å². The van der Waals surface area contributed by atoms with Gasteiger partial charge >= 0.3 is 0 Å². The lowest BCUT2D eigenvalue weighted by Crippen LogP contribution is -2.42. The van der Waals surface area contributed by atoms with E-state index >= 15 is 0 Å². The van der Waals surface area contributed by atoms with Gasteiger partial charge in [-0.25, -0.2) is 0 Å². The lowest BCUT2D eigenvalue weighted by atomic mass is 9.73. The van der Waals surface area contributed by atoms with Crippen LogP contribution >= 0.6 is 23.2 Å². The van der Waals surface area contributed by atoms with E-state index in [1.165, 1.54) is 0 Å². The molecule has 1 heterocycles. The third-order valence-electron chi connectivity index (χ3n) is 6.75. The first kappa shape index (κ1) is 23.4. The SMILES string of the molecule is Cc1c(Cl)cccc1N1C(=N)/C(=C(/O)c2ccccc2)C(c2ccccc2Cl)C2=C1CCCC2=O. The lowest BCUT2D eigenvalue weighted by Gasteiger charge is -2.42. The van der Waals surface area contributed by atoms with E-state index in [0.29, 0.717) is 51.6 Å². The van der Waals surface area contributed by atoms with Crippen LogP contribution < -0.4 is 4.90 Å². The maximum atomic E-state index is 13.5. The second-order valence-electron chi connectivity index (χ2n) is 8.79. The number of Topliss-reactive ketones (excluding diaryl/α,β-unsaturated/α-hetero) is 1. The topological polar surface area (TPSA) is 64.4 Å². The van der Waals surface area contributed by atoms with Crippen LogP contribution in [0.4, 0.5) is 5.69 Å². The van der Waals surface area contributed by atoms with Crippen LogP contribution in [0.25, 0.3) is 5.76 Å². The number of amidine groups is 1. The number of carbonyl (C=O) groups is 1. The number of hydrogen-bond acceptors (Lipinski definition) is 3. The zero-order valence-corrected chi connectivity index (χ0v) is 20.7. The van der Waals surface area contributed by atoms with Gasteiger partial charge < -0.3 is 5.11 Å². The minimum Gasteiger partial charge on any atom is -0.507 e. The summed E-state index contributed by atoms with van der Waals surface area (Å²) in [5.41, 5.74) is 4.49. The van der Waals surface area contributed by atoms with E-state index in [1.807, 2.05) is 55.5 Å². The average molecular weight is 503 g/mol. The number of allylic oxidation sites excluding steroid dienone is 2. The van der Waals surface area contributed by atoms with Gasteiger partial charge in [-0.15, -0.1) is 0 Å². The van der Waals surface area contributed by atoms with E-state index in [-0.39, 0.29) is 17.4 Å². The Labute approximate surface area is 214 Å². The zero-order chi connectivity index (χ0) is 24.7. The molecule has 0 amide bonds. The summed E-state index contributed by atoms with van der Waals surface area (Å²) in [5.74, 6) is -0.591. The van der Waals surface area contributed by atoms with Crippen LogP contribution in [0.2, 0.25) is 10.0 Å². The number of aliphatic hydroxyl groups is 1. The van der Waals surface area contributed by atoms with E-state index in [0.717, 1.165) is 16.9 Å². The molecular weight excluding hydrogens is 479 g/mol. The van der Waals surface area contributed by atoms with Crippen molar-refractivity contribution < 1.29 is 9.90 Å². The van der Waals surface area contributed by atoms with Crippen LogP contribution in [0.1, 0.15) is 41.9 Å². The average Bonchev–Trinajstić information content (AvgIpc) is 2.86. The molecule has 0 aromatic heterocycles. The highest BCUT2D eigenvalue weighted by atomic mass is 35.5. The Hall–Kier alpha value is -3.34. The van der Waals surface area contributed by atoms with Gasteiger partial charge in [-0.3, -0.25) is 15.1 Å². The van der Waals surface area contributed by atoms with Crippen LogP contribution in [-0.4, -0.2) is 16.7 Å². The summed E-state index contributed by atoms with van der Waals surface area (Å²) in [7, 11) is 0. The molecule has 1 aliphatic heterocycles. The lowest BCUT2D eigenvalue weighted by molar-refractivity contribution is -0.116. The number of hydrogen-bond donors (Lipinski definition) is 2. The first-order valence-electron chi connectivity index (χ1n) is 11.5. The van der Waals surface area contributed by atoms with Crippen molar-refractivity contribution >= 4 is 46.3 Å². The summed E-state index contributed by atoms with van der Waals surface area (Å²) in [4.78, 5) is 15.3. The fourth-order valence-corrected chi connectivity index (χ4v) is 5.48. The molecular formula is C29H24Cl2N2O2. The van der Waals surface area contributed by atoms with Crippen LogP contribution in [-0.2, 0) is 4.79 Å². The number of benzene rings is 3. The predicted molar refractivity (Wildman–Crippen MR) is 142 cm³/mol. The van der Waals surface area contributed by atoms with Crippen LogP contribution in [0.3, 0.4) is 0 Å². The van der Waals surface area contributed by atoms with Crippen molar-refractivity contribution in [2.24, 2.45) is 0 Å². The van der Waals surface area contributed by atoms with E-state index in [9.17, 15) is 15.3 Å². The molecule has 2 aliphatic rings. The highest BCUT2D eigenvalue weighted by molar-refractivity contribution is 6.32. The highest BCUT2D eigenvalue weighted by Crippen LogP contribution is 2.49. The summed E-state index contributed by atoms with van der Waals surface area (Å²) in [6.45, 7) is 1.90. The Bertz CT molecular complexity index is 1410. The Morgan fingerprint density at radius 3 is 2.37 bits per heavy atom. The molecule has 35 heavy (non-hydrogen) atoms. The van der Waals surface area contributed by atoms with Crippen LogP contribution in [0.15, 0.2) is 89.6 Å². The standard InChI is InChI=1S/C29H24Cl2N2O2/c1-17-20(30)13-7-14-22(17)33-23-15-8-16-24(34)26(23)25(19-11-5-6-12-21(19)31)27(29(33)32)28(35)18-9-3-2-4-10-18/h2-7,9-14,25,32,35H,8,15-16H2,1H3/b28-27+,32-29?. The molecule has 3 aromatic rings. The quantitative estimate of drug-likeness (QED) is 0.358. The zero-order valence-electron chi connectivity index (χ0n) is 19.2. The van der Waals surface area contributed by atoms with Gasteiger partial charge in [-0.05, 0) is 49.1 Å². The fraction of sp³-hybridized carbons (Fsp3) is 0.172. The van der Waals surface area contributed by atoms with Crippen molar-refractivity contribution in [3.63, 3.8) is 0 Å². The molecule has 5 rings (SSSR count). The number of aliphatic hydroxyl groups excluding tert-OH is 1. The molecule has 1 unspecified atom stereocenters. The van der Waals surface area contributed by atoms with Crippen LogP contribution in [0, 0.1) is 12.3 Å². The van der Waals surface area contributed by atoms with E-state index in [4.69, 9.17) is 23.2 Å². The summed E-state index contributed by atoms with van der Waals surface area (Å²) in [6, 6.07) is 22.0. The molecule has 1 atom stereocenters. The van der Waals surface area contributed by atoms with Crippen LogP contribution in [0.5, 0.6) is 0 Å². The predicted octanol–water partition coefficient (Wildman–Crippen LogP) is 7.86. The van der Waals surface area contributed by atoms with Gasteiger partial charge in [0.1, 0.15) is 11.6 Å². The molecule has 4 nitrogen and oxygen atoms in total. The van der Waals surface area contributed by atoms with E-state index in [2.05, 4.69) is 0 Å². The Morgan fingerprint density at radius 2 is 1.63 bits per heavy atom. The van der Waals surface area contributed by atoms with Crippen molar-refractivity contribution in [1.82, 2.24) is 0 Å². The summed E-state index contributed by atoms with van der Waals surface area (Å²) in [6.07, 6.45) is 1.74.